The van der Waals surface area contributed by atoms with Crippen LogP contribution in [0.15, 0.2) is 243 Å². The Labute approximate surface area is 814 Å². The minimum Gasteiger partial charge on any atom is -0.479 e. The number of hydrogen-bond acceptors (Lipinski definition) is 30. The molecular weight excluding hydrogens is 1850 g/mol. The van der Waals surface area contributed by atoms with Gasteiger partial charge < -0.3 is 85.4 Å². The van der Waals surface area contributed by atoms with E-state index in [4.69, 9.17) is 80.7 Å². The number of carbonyl (C=O) groups is 14. The summed E-state index contributed by atoms with van der Waals surface area (Å²) in [4.78, 5) is 171. The molecule has 0 spiro atoms. The number of carboxylic acids is 2. The summed E-state index contributed by atoms with van der Waals surface area (Å²) < 4.78 is 80.9. The summed E-state index contributed by atoms with van der Waals surface area (Å²) in [6.45, 7) is 37.5. The molecule has 0 radical (unpaired) electrons. The summed E-state index contributed by atoms with van der Waals surface area (Å²) in [6, 6.07) is 76.9. The molecular formula is C104H130O32Si3. The molecule has 750 valence electrons. The number of rotatable bonds is 40. The lowest BCUT2D eigenvalue weighted by Crippen LogP contribution is -2.68. The van der Waals surface area contributed by atoms with E-state index in [0.29, 0.717) is 0 Å². The van der Waals surface area contributed by atoms with Crippen molar-refractivity contribution in [3.8, 4) is 0 Å². The van der Waals surface area contributed by atoms with Crippen molar-refractivity contribution < 1.29 is 153 Å². The average Bonchev–Trinajstić information content (AvgIpc) is 0.751. The smallest absolute Gasteiger partial charge is 0.347 e. The van der Waals surface area contributed by atoms with E-state index >= 15 is 0 Å². The minimum atomic E-state index is -3.10. The van der Waals surface area contributed by atoms with Gasteiger partial charge in [-0.3, -0.25) is 0 Å². The third-order valence-corrected chi connectivity index (χ3v) is 36.7. The second kappa shape index (κ2) is 54.3. The normalized spacial score (nSPS) is 14.5. The third kappa shape index (κ3) is 34.2. The van der Waals surface area contributed by atoms with Gasteiger partial charge in [0.25, 0.3) is 25.0 Å². The van der Waals surface area contributed by atoms with E-state index in [9.17, 15) is 67.1 Å². The third-order valence-electron chi connectivity index (χ3n) is 21.4. The highest BCUT2D eigenvalue weighted by molar-refractivity contribution is 7.01. The number of carbonyl (C=O) groups excluding carboxylic acids is 12. The van der Waals surface area contributed by atoms with Gasteiger partial charge in [0.1, 0.15) is 37.6 Å². The van der Waals surface area contributed by atoms with Crippen molar-refractivity contribution in [2.45, 2.75) is 273 Å². The number of hydrogen-bond donors (Lipinski definition) is 3. The Hall–Kier alpha value is -13.2. The van der Waals surface area contributed by atoms with Crippen LogP contribution in [0.4, 0.5) is 0 Å². The van der Waals surface area contributed by atoms with Crippen molar-refractivity contribution >= 4 is 140 Å². The Bertz CT molecular complexity index is 5190. The molecule has 3 N–H and O–H groups in total. The molecule has 8 rings (SSSR count). The molecule has 8 aromatic rings. The Morgan fingerprint density at radius 1 is 0.216 bits per heavy atom. The highest BCUT2D eigenvalue weighted by atomic mass is 28.4. The topological polar surface area (TPSA) is 438 Å². The molecule has 0 saturated heterocycles. The van der Waals surface area contributed by atoms with E-state index in [-0.39, 0.29) is 18.3 Å². The van der Waals surface area contributed by atoms with Crippen molar-refractivity contribution in [2.75, 3.05) is 0 Å². The van der Waals surface area contributed by atoms with Gasteiger partial charge in [0, 0.05) is 0 Å². The van der Waals surface area contributed by atoms with Gasteiger partial charge in [-0.15, -0.1) is 0 Å². The Kier molecular flexibility index (Phi) is 45.4. The molecule has 0 aliphatic carbocycles. The summed E-state index contributed by atoms with van der Waals surface area (Å²) in [5.74, 6) is -13.5. The second-order valence-electron chi connectivity index (χ2n) is 35.6. The maximum absolute atomic E-state index is 13.3. The molecule has 0 aliphatic rings. The maximum atomic E-state index is 13.3. The molecule has 14 atom stereocenters. The summed E-state index contributed by atoms with van der Waals surface area (Å²) in [5, 5.41) is 31.3. The van der Waals surface area contributed by atoms with Gasteiger partial charge in [0.2, 0.25) is 0 Å². The first-order valence-electron chi connectivity index (χ1n) is 45.1. The minimum absolute atomic E-state index is 0.00451. The zero-order valence-electron chi connectivity index (χ0n) is 82.8. The molecule has 32 nitrogen and oxygen atoms in total. The first-order chi connectivity index (χ1) is 65.2. The van der Waals surface area contributed by atoms with Crippen molar-refractivity contribution in [3.05, 3.63) is 254 Å². The van der Waals surface area contributed by atoms with Crippen LogP contribution in [-0.4, -0.2) is 209 Å². The molecule has 0 amide bonds. The lowest BCUT2D eigenvalue weighted by Gasteiger charge is -2.44. The molecule has 0 heterocycles. The SMILES string of the molecule is C[C@H](O)C(=O)OCc1ccccc1.C[C@H](O[Si](c1ccccc1)(c1ccccc1)C(C)(C)C)C(=O)O[C@H](C)C(=O)O[C@H](C)C(=O)O.C[C@H](O[Si](c1ccccc1)(c1ccccc1)C(C)(C)C)C(=O)O[C@H](C)C(=O)O[C@H](C)C(=O)O[C@H](C)C(=O)O[C@H](C)C(=O)O.C[C@H](O[Si](c1ccccc1)(c1ccccc1)C(C)(C)C)C(=O)O[C@H](C)C(=O)O[C@H](C)C(=O)O[C@H](C)C(=O)O[C@H](C)C(=O)OCc1ccccc1. The van der Waals surface area contributed by atoms with Crippen LogP contribution in [0.3, 0.4) is 0 Å². The first kappa shape index (κ1) is 116. The van der Waals surface area contributed by atoms with Crippen LogP contribution in [0.5, 0.6) is 0 Å². The highest BCUT2D eigenvalue weighted by Crippen LogP contribution is 2.41. The summed E-state index contributed by atoms with van der Waals surface area (Å²) in [5.41, 5.74) is 1.67. The van der Waals surface area contributed by atoms with Crippen LogP contribution in [0.1, 0.15) is 170 Å². The standard InChI is InChI=1S/C38H46O11Si.C31H40O11Si.C25H32O7Si.C10H12O3/c1-25(33(39)44-24-30-18-12-9-13-19-30)45-34(40)26(2)46-35(41)27(3)47-36(42)28(4)48-37(43)29(5)49-50(38(6,7)8,31-20-14-10-15-21-31)32-22-16-11-17-23-32;1-19(26(32)33)38-27(34)20(2)39-28(35)21(3)40-29(36)22(4)41-30(37)23(5)42-43(31(6,7)8,24-15-11-9-12-16-24)25-17-13-10-14-18-25;1-17(22(26)27)30-23(28)18(2)31-24(29)19(3)32-33(25(4,5)6,20-13-9-7-10-14-20)21-15-11-8-12-16-21;1-8(11)10(12)13-7-9-5-3-2-4-6-9/h9-23,25-29H,24H2,1-8H3;9-23H,1-8H3,(H,32,33);7-19H,1-6H3,(H,26,27);2-6,8,11H,7H2,1H3/t25-,26-,27-,28-,29+;19-,20-,21-,22-,23+;17-,18-,19+;8-/m1110/s1. The fourth-order valence-corrected chi connectivity index (χ4v) is 27.8. The number of aliphatic carboxylic acids is 2. The predicted octanol–water partition coefficient (Wildman–Crippen LogP) is 11.2. The Morgan fingerprint density at radius 2 is 0.360 bits per heavy atom. The molecule has 0 saturated carbocycles. The number of carboxylic acid groups (broad SMARTS) is 2. The van der Waals surface area contributed by atoms with Gasteiger partial charge in [-0.05, 0) is 154 Å². The Morgan fingerprint density at radius 3 is 0.518 bits per heavy atom. The molecule has 0 fully saturated rings. The predicted molar refractivity (Wildman–Crippen MR) is 519 cm³/mol. The molecule has 139 heavy (non-hydrogen) atoms. The molecule has 0 bridgehead atoms. The quantitative estimate of drug-likeness (QED) is 0.0182. The van der Waals surface area contributed by atoms with Crippen LogP contribution in [0.25, 0.3) is 0 Å². The lowest BCUT2D eigenvalue weighted by atomic mass is 10.2. The number of aliphatic hydroxyl groups is 1. The van der Waals surface area contributed by atoms with Crippen molar-refractivity contribution in [1.82, 2.24) is 0 Å². The lowest BCUT2D eigenvalue weighted by molar-refractivity contribution is -0.185. The van der Waals surface area contributed by atoms with Gasteiger partial charge in [0.05, 0.1) is 0 Å². The fraction of sp³-hybridized carbons (Fsp3) is 0.404. The first-order valence-corrected chi connectivity index (χ1v) is 50.9. The maximum Gasteiger partial charge on any atom is 0.347 e. The van der Waals surface area contributed by atoms with E-state index in [1.165, 1.54) is 69.2 Å². The number of benzene rings is 8. The molecule has 35 heteroatoms. The number of esters is 12. The van der Waals surface area contributed by atoms with E-state index in [1.807, 2.05) is 218 Å². The Balaban J connectivity index is 0.000000350. The van der Waals surface area contributed by atoms with Crippen molar-refractivity contribution in [2.24, 2.45) is 0 Å². The van der Waals surface area contributed by atoms with Gasteiger partial charge in [0.15, 0.2) is 61.0 Å². The van der Waals surface area contributed by atoms with E-state index in [0.717, 1.165) is 49.2 Å². The zero-order valence-corrected chi connectivity index (χ0v) is 85.8. The number of ether oxygens (including phenoxy) is 12. The molecule has 8 aromatic carbocycles. The van der Waals surface area contributed by atoms with Gasteiger partial charge in [-0.25, -0.2) is 67.1 Å². The monoisotopic (exact) mass is 1970 g/mol. The fourth-order valence-electron chi connectivity index (χ4n) is 13.9. The average molecular weight is 1980 g/mol. The second-order valence-corrected chi connectivity index (χ2v) is 48.4. The van der Waals surface area contributed by atoms with Gasteiger partial charge in [-0.1, -0.05) is 305 Å². The van der Waals surface area contributed by atoms with Crippen molar-refractivity contribution in [1.29, 1.82) is 0 Å². The largest absolute Gasteiger partial charge is 0.479 e. The van der Waals surface area contributed by atoms with Crippen LogP contribution < -0.4 is 31.1 Å². The summed E-state index contributed by atoms with van der Waals surface area (Å²) in [7, 11) is -9.17. The van der Waals surface area contributed by atoms with Gasteiger partial charge in [-0.2, -0.15) is 0 Å². The van der Waals surface area contributed by atoms with Crippen LogP contribution >= 0.6 is 0 Å². The molecule has 0 aliphatic heterocycles. The van der Waals surface area contributed by atoms with Crippen LogP contribution in [0.2, 0.25) is 15.1 Å². The van der Waals surface area contributed by atoms with E-state index in [1.54, 1.807) is 45.0 Å². The highest BCUT2D eigenvalue weighted by Gasteiger charge is 2.55. The van der Waals surface area contributed by atoms with E-state index in [2.05, 4.69) is 67.1 Å². The van der Waals surface area contributed by atoms with Crippen molar-refractivity contribution in [3.63, 3.8) is 0 Å². The summed E-state index contributed by atoms with van der Waals surface area (Å²) >= 11 is 0. The number of aliphatic hydroxyl groups excluding tert-OH is 1. The zero-order chi connectivity index (χ0) is 104. The van der Waals surface area contributed by atoms with Crippen LogP contribution in [0, 0.1) is 0 Å². The van der Waals surface area contributed by atoms with Crippen LogP contribution in [-0.2, 0) is 150 Å². The summed E-state index contributed by atoms with van der Waals surface area (Å²) in [6.07, 6.45) is -18.1. The molecule has 0 aromatic heterocycles. The van der Waals surface area contributed by atoms with Gasteiger partial charge >= 0.3 is 83.6 Å². The van der Waals surface area contributed by atoms with E-state index < -0.39 is 204 Å². The molecule has 0 unspecified atom stereocenters.